The second-order valence-electron chi connectivity index (χ2n) is 3.81. The molecule has 0 saturated heterocycles. The van der Waals surface area contributed by atoms with Crippen LogP contribution in [0.15, 0.2) is 10.6 Å². The fourth-order valence-corrected chi connectivity index (χ4v) is 1.79. The largest absolute Gasteiger partial charge is 0.480 e. The van der Waals surface area contributed by atoms with Gasteiger partial charge in [-0.15, -0.1) is 0 Å². The molecule has 8 heteroatoms. The van der Waals surface area contributed by atoms with Crippen molar-refractivity contribution in [3.8, 4) is 17.0 Å². The first kappa shape index (κ1) is 12.9. The summed E-state index contributed by atoms with van der Waals surface area (Å²) in [5.41, 5.74) is 0.564. The highest BCUT2D eigenvalue weighted by molar-refractivity contribution is 5.74. The molecule has 0 unspecified atom stereocenters. The smallest absolute Gasteiger partial charge is 0.324 e. The van der Waals surface area contributed by atoms with E-state index in [9.17, 15) is 14.5 Å². The monoisotopic (exact) mass is 267 g/mol. The number of halogens is 1. The quantitative estimate of drug-likeness (QED) is 0.481. The minimum absolute atomic E-state index is 0.0579. The van der Waals surface area contributed by atoms with E-state index in [1.165, 1.54) is 7.11 Å². The number of hydrogen-bond acceptors (Lipinski definition) is 6. The zero-order valence-electron chi connectivity index (χ0n) is 10.4. The number of methoxy groups -OCH3 is 1. The van der Waals surface area contributed by atoms with Crippen LogP contribution in [0.25, 0.3) is 11.1 Å². The molecule has 0 aliphatic rings. The zero-order valence-corrected chi connectivity index (χ0v) is 10.4. The molecular formula is C11H10FN3O4. The maximum atomic E-state index is 13.4. The van der Waals surface area contributed by atoms with E-state index in [2.05, 4.69) is 10.1 Å². The maximum Gasteiger partial charge on any atom is 0.324 e. The van der Waals surface area contributed by atoms with Crippen molar-refractivity contribution in [1.29, 1.82) is 0 Å². The van der Waals surface area contributed by atoms with E-state index in [0.717, 1.165) is 6.07 Å². The SMILES string of the molecule is COc1nc(F)c([N+](=O)[O-])cc1-c1c(C)noc1C. The van der Waals surface area contributed by atoms with Gasteiger partial charge in [-0.05, 0) is 13.8 Å². The topological polar surface area (TPSA) is 91.3 Å². The first-order chi connectivity index (χ1) is 8.95. The number of aromatic nitrogens is 2. The van der Waals surface area contributed by atoms with Crippen molar-refractivity contribution in [2.45, 2.75) is 13.8 Å². The number of nitro groups is 1. The summed E-state index contributed by atoms with van der Waals surface area (Å²) in [5, 5.41) is 14.5. The minimum Gasteiger partial charge on any atom is -0.480 e. The number of ether oxygens (including phenoxy) is 1. The van der Waals surface area contributed by atoms with Gasteiger partial charge in [-0.1, -0.05) is 5.16 Å². The number of rotatable bonds is 3. The summed E-state index contributed by atoms with van der Waals surface area (Å²) in [5.74, 6) is -0.812. The average molecular weight is 267 g/mol. The highest BCUT2D eigenvalue weighted by Gasteiger charge is 2.24. The Morgan fingerprint density at radius 2 is 2.16 bits per heavy atom. The minimum atomic E-state index is -1.20. The molecule has 0 fully saturated rings. The van der Waals surface area contributed by atoms with Crippen molar-refractivity contribution in [3.63, 3.8) is 0 Å². The van der Waals surface area contributed by atoms with Crippen LogP contribution in [0, 0.1) is 29.9 Å². The molecule has 100 valence electrons. The molecular weight excluding hydrogens is 257 g/mol. The number of aryl methyl sites for hydroxylation is 2. The van der Waals surface area contributed by atoms with Crippen molar-refractivity contribution in [3.05, 3.63) is 33.6 Å². The summed E-state index contributed by atoms with van der Waals surface area (Å²) in [6.07, 6.45) is 0. The Morgan fingerprint density at radius 1 is 1.47 bits per heavy atom. The van der Waals surface area contributed by atoms with Gasteiger partial charge >= 0.3 is 5.69 Å². The molecule has 0 N–H and O–H groups in total. The van der Waals surface area contributed by atoms with E-state index >= 15 is 0 Å². The zero-order chi connectivity index (χ0) is 14.2. The standard InChI is InChI=1S/C11H10FN3O4/c1-5-9(6(2)19-14-5)7-4-8(15(16)17)10(12)13-11(7)18-3/h4H,1-3H3. The van der Waals surface area contributed by atoms with Gasteiger partial charge in [0.05, 0.1) is 28.9 Å². The summed E-state index contributed by atoms with van der Waals surface area (Å²) in [4.78, 5) is 13.4. The Labute approximate surface area is 107 Å². The van der Waals surface area contributed by atoms with Crippen LogP contribution in [0.3, 0.4) is 0 Å². The molecule has 0 bridgehead atoms. The maximum absolute atomic E-state index is 13.4. The summed E-state index contributed by atoms with van der Waals surface area (Å²) < 4.78 is 23.4. The fraction of sp³-hybridized carbons (Fsp3) is 0.273. The average Bonchev–Trinajstić information content (AvgIpc) is 2.68. The summed E-state index contributed by atoms with van der Waals surface area (Å²) in [6.45, 7) is 3.31. The molecule has 2 rings (SSSR count). The van der Waals surface area contributed by atoms with Crippen LogP contribution in [-0.2, 0) is 0 Å². The fourth-order valence-electron chi connectivity index (χ4n) is 1.79. The van der Waals surface area contributed by atoms with Crippen LogP contribution in [-0.4, -0.2) is 22.2 Å². The molecule has 0 aliphatic heterocycles. The Balaban J connectivity index is 2.75. The van der Waals surface area contributed by atoms with Gasteiger partial charge in [0.1, 0.15) is 5.76 Å². The molecule has 19 heavy (non-hydrogen) atoms. The molecule has 2 aromatic rings. The first-order valence-electron chi connectivity index (χ1n) is 5.27. The predicted octanol–water partition coefficient (Wildman–Crippen LogP) is 2.41. The normalized spacial score (nSPS) is 10.5. The lowest BCUT2D eigenvalue weighted by molar-refractivity contribution is -0.388. The van der Waals surface area contributed by atoms with Crippen molar-refractivity contribution in [2.24, 2.45) is 0 Å². The number of pyridine rings is 1. The molecule has 2 aromatic heterocycles. The van der Waals surface area contributed by atoms with E-state index in [1.807, 2.05) is 0 Å². The van der Waals surface area contributed by atoms with Crippen molar-refractivity contribution >= 4 is 5.69 Å². The Morgan fingerprint density at radius 3 is 2.63 bits per heavy atom. The second kappa shape index (κ2) is 4.63. The van der Waals surface area contributed by atoms with Crippen LogP contribution in [0.5, 0.6) is 5.88 Å². The van der Waals surface area contributed by atoms with Gasteiger partial charge in [-0.25, -0.2) is 0 Å². The Kier molecular flexibility index (Phi) is 3.16. The van der Waals surface area contributed by atoms with E-state index < -0.39 is 16.6 Å². The number of hydrogen-bond donors (Lipinski definition) is 0. The van der Waals surface area contributed by atoms with E-state index in [1.54, 1.807) is 13.8 Å². The molecule has 7 nitrogen and oxygen atoms in total. The van der Waals surface area contributed by atoms with Gasteiger partial charge in [0, 0.05) is 6.07 Å². The van der Waals surface area contributed by atoms with Crippen molar-refractivity contribution in [2.75, 3.05) is 7.11 Å². The van der Waals surface area contributed by atoms with Gasteiger partial charge < -0.3 is 9.26 Å². The summed E-state index contributed by atoms with van der Waals surface area (Å²) in [6, 6.07) is 1.06. The molecule has 0 aliphatic carbocycles. The summed E-state index contributed by atoms with van der Waals surface area (Å²) >= 11 is 0. The molecule has 0 saturated carbocycles. The lowest BCUT2D eigenvalue weighted by Gasteiger charge is -2.07. The molecule has 0 radical (unpaired) electrons. The third-order valence-corrected chi connectivity index (χ3v) is 2.62. The van der Waals surface area contributed by atoms with E-state index in [-0.39, 0.29) is 11.4 Å². The van der Waals surface area contributed by atoms with Crippen LogP contribution in [0.4, 0.5) is 10.1 Å². The van der Waals surface area contributed by atoms with E-state index in [4.69, 9.17) is 9.26 Å². The van der Waals surface area contributed by atoms with Crippen LogP contribution >= 0.6 is 0 Å². The van der Waals surface area contributed by atoms with Crippen LogP contribution < -0.4 is 4.74 Å². The molecule has 0 atom stereocenters. The second-order valence-corrected chi connectivity index (χ2v) is 3.81. The van der Waals surface area contributed by atoms with Crippen molar-refractivity contribution < 1.29 is 18.6 Å². The Hall–Kier alpha value is -2.51. The highest BCUT2D eigenvalue weighted by Crippen LogP contribution is 2.36. The molecule has 0 spiro atoms. The Bertz CT molecular complexity index is 634. The third kappa shape index (κ3) is 2.12. The lowest BCUT2D eigenvalue weighted by atomic mass is 10.1. The van der Waals surface area contributed by atoms with Gasteiger partial charge in [-0.2, -0.15) is 9.37 Å². The van der Waals surface area contributed by atoms with Crippen molar-refractivity contribution in [1.82, 2.24) is 10.1 Å². The predicted molar refractivity (Wildman–Crippen MR) is 62.4 cm³/mol. The van der Waals surface area contributed by atoms with E-state index in [0.29, 0.717) is 17.0 Å². The lowest BCUT2D eigenvalue weighted by Crippen LogP contribution is -2.00. The van der Waals surface area contributed by atoms with Gasteiger partial charge in [0.2, 0.25) is 5.88 Å². The first-order valence-corrected chi connectivity index (χ1v) is 5.27. The van der Waals surface area contributed by atoms with Gasteiger partial charge in [0.15, 0.2) is 0 Å². The van der Waals surface area contributed by atoms with Crippen LogP contribution in [0.2, 0.25) is 0 Å². The van der Waals surface area contributed by atoms with Crippen LogP contribution in [0.1, 0.15) is 11.5 Å². The van der Waals surface area contributed by atoms with Gasteiger partial charge in [-0.3, -0.25) is 10.1 Å². The molecule has 0 aromatic carbocycles. The van der Waals surface area contributed by atoms with Gasteiger partial charge in [0.25, 0.3) is 5.95 Å². The molecule has 0 amide bonds. The number of nitrogens with zero attached hydrogens (tertiary/aromatic N) is 3. The highest BCUT2D eigenvalue weighted by atomic mass is 19.1. The molecule has 2 heterocycles. The summed E-state index contributed by atoms with van der Waals surface area (Å²) in [7, 11) is 1.30. The third-order valence-electron chi connectivity index (χ3n) is 2.62.